The molecule has 0 aliphatic rings. The Labute approximate surface area is 113 Å². The number of ether oxygens (including phenoxy) is 1. The summed E-state index contributed by atoms with van der Waals surface area (Å²) in [6.07, 6.45) is 0.699. The summed E-state index contributed by atoms with van der Waals surface area (Å²) in [6, 6.07) is 10.4. The average Bonchev–Trinajstić information content (AvgIpc) is 2.41. The van der Waals surface area contributed by atoms with Crippen LogP contribution in [0.4, 0.5) is 5.69 Å². The Morgan fingerprint density at radius 1 is 1.21 bits per heavy atom. The van der Waals surface area contributed by atoms with Gasteiger partial charge in [-0.1, -0.05) is 23.7 Å². The maximum Gasteiger partial charge on any atom is 0.271 e. The largest absolute Gasteiger partial charge is 0.456 e. The van der Waals surface area contributed by atoms with Gasteiger partial charge < -0.3 is 4.74 Å². The monoisotopic (exact) mass is 277 g/mol. The number of halogens is 1. The zero-order valence-electron chi connectivity index (χ0n) is 9.58. The third-order valence-electron chi connectivity index (χ3n) is 2.35. The van der Waals surface area contributed by atoms with Crippen LogP contribution < -0.4 is 4.74 Å². The van der Waals surface area contributed by atoms with E-state index in [0.717, 1.165) is 0 Å². The molecule has 0 aromatic heterocycles. The fraction of sp³-hybridized carbons (Fsp3) is 0. The van der Waals surface area contributed by atoms with Gasteiger partial charge in [-0.25, -0.2) is 0 Å². The molecule has 0 aliphatic heterocycles. The summed E-state index contributed by atoms with van der Waals surface area (Å²) in [4.78, 5) is 20.7. The molecule has 0 fully saturated rings. The predicted molar refractivity (Wildman–Crippen MR) is 70.0 cm³/mol. The normalized spacial score (nSPS) is 9.95. The smallest absolute Gasteiger partial charge is 0.271 e. The third kappa shape index (κ3) is 3.08. The van der Waals surface area contributed by atoms with Crippen LogP contribution >= 0.6 is 11.6 Å². The minimum absolute atomic E-state index is 0.112. The Hall–Kier alpha value is -2.40. The topological polar surface area (TPSA) is 69.4 Å². The minimum atomic E-state index is -0.539. The van der Waals surface area contributed by atoms with Crippen LogP contribution in [0.3, 0.4) is 0 Å². The number of benzene rings is 2. The Kier molecular flexibility index (Phi) is 3.77. The van der Waals surface area contributed by atoms with E-state index in [-0.39, 0.29) is 16.5 Å². The van der Waals surface area contributed by atoms with Crippen LogP contribution in [0.25, 0.3) is 0 Å². The van der Waals surface area contributed by atoms with E-state index in [4.69, 9.17) is 16.3 Å². The summed E-state index contributed by atoms with van der Waals surface area (Å²) < 4.78 is 5.47. The molecule has 0 saturated heterocycles. The lowest BCUT2D eigenvalue weighted by atomic mass is 10.2. The summed E-state index contributed by atoms with van der Waals surface area (Å²) in [5, 5.41) is 10.7. The van der Waals surface area contributed by atoms with Crippen LogP contribution in [-0.2, 0) is 0 Å². The maximum absolute atomic E-state index is 10.6. The molecule has 0 radical (unpaired) electrons. The van der Waals surface area contributed by atoms with E-state index in [1.807, 2.05) is 0 Å². The van der Waals surface area contributed by atoms with Crippen molar-refractivity contribution in [2.24, 2.45) is 0 Å². The van der Waals surface area contributed by atoms with Crippen LogP contribution in [-0.4, -0.2) is 11.2 Å². The zero-order valence-corrected chi connectivity index (χ0v) is 10.3. The number of nitrogens with zero attached hydrogens (tertiary/aromatic N) is 1. The third-order valence-corrected chi connectivity index (χ3v) is 2.64. The molecule has 6 heteroatoms. The summed E-state index contributed by atoms with van der Waals surface area (Å²) in [6.45, 7) is 0. The fourth-order valence-corrected chi connectivity index (χ4v) is 1.68. The zero-order chi connectivity index (χ0) is 13.8. The van der Waals surface area contributed by atoms with E-state index in [1.54, 1.807) is 24.3 Å². The van der Waals surface area contributed by atoms with Gasteiger partial charge in [0.05, 0.1) is 9.95 Å². The predicted octanol–water partition coefficient (Wildman–Crippen LogP) is 3.85. The molecule has 0 amide bonds. The lowest BCUT2D eigenvalue weighted by molar-refractivity contribution is -0.384. The molecule has 2 rings (SSSR count). The van der Waals surface area contributed by atoms with Crippen molar-refractivity contribution < 1.29 is 14.5 Å². The van der Waals surface area contributed by atoms with Gasteiger partial charge in [0, 0.05) is 17.7 Å². The molecule has 0 heterocycles. The quantitative estimate of drug-likeness (QED) is 0.483. The highest BCUT2D eigenvalue weighted by molar-refractivity contribution is 6.32. The highest BCUT2D eigenvalue weighted by Gasteiger charge is 2.11. The molecule has 0 N–H and O–H groups in total. The number of rotatable bonds is 4. The summed E-state index contributed by atoms with van der Waals surface area (Å²) >= 11 is 5.90. The maximum atomic E-state index is 10.6. The van der Waals surface area contributed by atoms with Crippen molar-refractivity contribution in [3.8, 4) is 11.5 Å². The van der Waals surface area contributed by atoms with Gasteiger partial charge >= 0.3 is 0 Å². The Morgan fingerprint density at radius 2 is 2.00 bits per heavy atom. The first-order valence-corrected chi connectivity index (χ1v) is 5.65. The molecule has 2 aromatic carbocycles. The van der Waals surface area contributed by atoms with Gasteiger partial charge in [-0.15, -0.1) is 0 Å². The first-order chi connectivity index (χ1) is 9.10. The summed E-state index contributed by atoms with van der Waals surface area (Å²) in [5.74, 6) is 0.718. The molecule has 96 valence electrons. The van der Waals surface area contributed by atoms with Gasteiger partial charge in [-0.3, -0.25) is 14.9 Å². The lowest BCUT2D eigenvalue weighted by Crippen LogP contribution is -1.90. The molecule has 0 aliphatic carbocycles. The van der Waals surface area contributed by atoms with Crippen molar-refractivity contribution >= 4 is 23.6 Å². The van der Waals surface area contributed by atoms with Gasteiger partial charge in [-0.05, 0) is 18.2 Å². The second-order valence-electron chi connectivity index (χ2n) is 3.66. The molecule has 0 saturated carbocycles. The van der Waals surface area contributed by atoms with Crippen LogP contribution in [0, 0.1) is 10.1 Å². The standard InChI is InChI=1S/C13H8ClNO4/c14-12-7-10(15(17)18)4-5-13(12)19-11-3-1-2-9(6-11)8-16/h1-8H. The second kappa shape index (κ2) is 5.49. The van der Waals surface area contributed by atoms with Crippen molar-refractivity contribution in [1.82, 2.24) is 0 Å². The molecule has 0 unspecified atom stereocenters. The second-order valence-corrected chi connectivity index (χ2v) is 4.07. The van der Waals surface area contributed by atoms with Crippen LogP contribution in [0.1, 0.15) is 10.4 Å². The van der Waals surface area contributed by atoms with Gasteiger partial charge in [0.1, 0.15) is 17.8 Å². The Balaban J connectivity index is 2.28. The van der Waals surface area contributed by atoms with Crippen molar-refractivity contribution in [1.29, 1.82) is 0 Å². The molecular formula is C13H8ClNO4. The highest BCUT2D eigenvalue weighted by Crippen LogP contribution is 2.32. The molecule has 2 aromatic rings. The van der Waals surface area contributed by atoms with E-state index in [0.29, 0.717) is 17.6 Å². The fourth-order valence-electron chi connectivity index (χ4n) is 1.46. The van der Waals surface area contributed by atoms with E-state index in [2.05, 4.69) is 0 Å². The van der Waals surface area contributed by atoms with Crippen molar-refractivity contribution in [3.05, 3.63) is 63.2 Å². The van der Waals surface area contributed by atoms with E-state index in [9.17, 15) is 14.9 Å². The van der Waals surface area contributed by atoms with Gasteiger partial charge in [0.15, 0.2) is 0 Å². The number of hydrogen-bond donors (Lipinski definition) is 0. The van der Waals surface area contributed by atoms with Crippen molar-refractivity contribution in [3.63, 3.8) is 0 Å². The molecular weight excluding hydrogens is 270 g/mol. The van der Waals surface area contributed by atoms with E-state index < -0.39 is 4.92 Å². The van der Waals surface area contributed by atoms with E-state index >= 15 is 0 Å². The van der Waals surface area contributed by atoms with E-state index in [1.165, 1.54) is 18.2 Å². The minimum Gasteiger partial charge on any atom is -0.456 e. The summed E-state index contributed by atoms with van der Waals surface area (Å²) in [5.41, 5.74) is 0.356. The van der Waals surface area contributed by atoms with Crippen molar-refractivity contribution in [2.45, 2.75) is 0 Å². The highest BCUT2D eigenvalue weighted by atomic mass is 35.5. The SMILES string of the molecule is O=Cc1cccc(Oc2ccc([N+](=O)[O-])cc2Cl)c1. The van der Waals surface area contributed by atoms with Crippen LogP contribution in [0.2, 0.25) is 5.02 Å². The number of non-ortho nitro benzene ring substituents is 1. The molecule has 0 bridgehead atoms. The number of carbonyl (C=O) groups is 1. The molecule has 5 nitrogen and oxygen atoms in total. The van der Waals surface area contributed by atoms with Gasteiger partial charge in [0.25, 0.3) is 5.69 Å². The number of hydrogen-bond acceptors (Lipinski definition) is 4. The Morgan fingerprint density at radius 3 is 2.63 bits per heavy atom. The number of carbonyl (C=O) groups excluding carboxylic acids is 1. The molecule has 0 atom stereocenters. The number of nitro groups is 1. The van der Waals surface area contributed by atoms with Gasteiger partial charge in [-0.2, -0.15) is 0 Å². The Bertz CT molecular complexity index is 642. The lowest BCUT2D eigenvalue weighted by Gasteiger charge is -2.07. The van der Waals surface area contributed by atoms with Crippen molar-refractivity contribution in [2.75, 3.05) is 0 Å². The average molecular weight is 278 g/mol. The van der Waals surface area contributed by atoms with Crippen LogP contribution in [0.5, 0.6) is 11.5 Å². The van der Waals surface area contributed by atoms with Gasteiger partial charge in [0.2, 0.25) is 0 Å². The molecule has 0 spiro atoms. The summed E-state index contributed by atoms with van der Waals surface area (Å²) in [7, 11) is 0. The van der Waals surface area contributed by atoms with Crippen LogP contribution in [0.15, 0.2) is 42.5 Å². The number of aldehydes is 1. The molecule has 19 heavy (non-hydrogen) atoms. The first kappa shape index (κ1) is 13.0. The number of nitro benzene ring substituents is 1. The first-order valence-electron chi connectivity index (χ1n) is 5.27.